The molecule has 2 atom stereocenters. The minimum Gasteiger partial charge on any atom is -0.392 e. The van der Waals surface area contributed by atoms with Crippen LogP contribution in [-0.2, 0) is 5.41 Å². The van der Waals surface area contributed by atoms with Crippen molar-refractivity contribution in [3.63, 3.8) is 0 Å². The summed E-state index contributed by atoms with van der Waals surface area (Å²) in [4.78, 5) is 14.9. The van der Waals surface area contributed by atoms with Crippen molar-refractivity contribution < 1.29 is 9.90 Å². The highest BCUT2D eigenvalue weighted by Gasteiger charge is 2.32. The average molecular weight is 377 g/mol. The van der Waals surface area contributed by atoms with Crippen LogP contribution in [0.2, 0.25) is 0 Å². The van der Waals surface area contributed by atoms with E-state index in [1.165, 1.54) is 0 Å². The second-order valence-corrected chi connectivity index (χ2v) is 8.78. The van der Waals surface area contributed by atoms with Gasteiger partial charge in [-0.2, -0.15) is 0 Å². The Morgan fingerprint density at radius 2 is 1.68 bits per heavy atom. The second kappa shape index (κ2) is 7.13. The molecule has 2 unspecified atom stereocenters. The molecule has 1 aliphatic rings. The number of hydrogen-bond donors (Lipinski definition) is 1. The van der Waals surface area contributed by atoms with Gasteiger partial charge in [0.15, 0.2) is 5.78 Å². The molecule has 1 N–H and O–H groups in total. The van der Waals surface area contributed by atoms with Crippen LogP contribution in [0, 0.1) is 5.92 Å². The van der Waals surface area contributed by atoms with Gasteiger partial charge in [0.1, 0.15) is 11.0 Å². The molecule has 1 fully saturated rings. The lowest BCUT2D eigenvalue weighted by Gasteiger charge is -2.27. The molecule has 0 amide bonds. The van der Waals surface area contributed by atoms with Gasteiger partial charge in [0, 0.05) is 11.5 Å². The van der Waals surface area contributed by atoms with Gasteiger partial charge in [-0.05, 0) is 48.1 Å². The van der Waals surface area contributed by atoms with Crippen molar-refractivity contribution in [1.82, 2.24) is 15.0 Å². The molecule has 0 aliphatic heterocycles. The SMILES string of the molecule is CC(C)(C)c1ccc(C(=O)C2CCCCC2O)c(-n2nc3ccccc3n2)c1. The zero-order valence-corrected chi connectivity index (χ0v) is 16.7. The number of aliphatic hydroxyl groups excluding tert-OH is 1. The van der Waals surface area contributed by atoms with Gasteiger partial charge in [-0.25, -0.2) is 0 Å². The minimum atomic E-state index is -0.568. The summed E-state index contributed by atoms with van der Waals surface area (Å²) < 4.78 is 0. The van der Waals surface area contributed by atoms with Crippen LogP contribution in [0.5, 0.6) is 0 Å². The number of nitrogens with zero attached hydrogens (tertiary/aromatic N) is 3. The molecule has 0 saturated heterocycles. The minimum absolute atomic E-state index is 0.0102. The zero-order chi connectivity index (χ0) is 19.9. The number of ketones is 1. The van der Waals surface area contributed by atoms with Crippen molar-refractivity contribution in [2.45, 2.75) is 58.0 Å². The van der Waals surface area contributed by atoms with Crippen molar-refractivity contribution in [3.05, 3.63) is 53.6 Å². The number of aromatic nitrogens is 3. The Hall–Kier alpha value is -2.53. The number of carbonyl (C=O) groups is 1. The van der Waals surface area contributed by atoms with E-state index in [4.69, 9.17) is 0 Å². The van der Waals surface area contributed by atoms with Crippen molar-refractivity contribution >= 4 is 16.8 Å². The van der Waals surface area contributed by atoms with E-state index < -0.39 is 6.10 Å². The van der Waals surface area contributed by atoms with E-state index in [9.17, 15) is 9.90 Å². The first-order valence-corrected chi connectivity index (χ1v) is 10.0. The molecule has 146 valence electrons. The summed E-state index contributed by atoms with van der Waals surface area (Å²) in [5.41, 5.74) is 3.91. The van der Waals surface area contributed by atoms with Gasteiger partial charge in [0.2, 0.25) is 0 Å². The maximum Gasteiger partial charge on any atom is 0.170 e. The highest BCUT2D eigenvalue weighted by molar-refractivity contribution is 6.01. The van der Waals surface area contributed by atoms with Gasteiger partial charge < -0.3 is 5.11 Å². The van der Waals surface area contributed by atoms with Crippen LogP contribution in [0.15, 0.2) is 42.5 Å². The van der Waals surface area contributed by atoms with Crippen LogP contribution in [0.3, 0.4) is 0 Å². The number of fused-ring (bicyclic) bond motifs is 1. The van der Waals surface area contributed by atoms with Crippen LogP contribution in [0.1, 0.15) is 62.4 Å². The Morgan fingerprint density at radius 3 is 2.29 bits per heavy atom. The van der Waals surface area contributed by atoms with Crippen LogP contribution < -0.4 is 0 Å². The van der Waals surface area contributed by atoms with Gasteiger partial charge in [-0.15, -0.1) is 15.0 Å². The Labute approximate surface area is 165 Å². The fourth-order valence-electron chi connectivity index (χ4n) is 3.96. The first kappa shape index (κ1) is 18.8. The maximum absolute atomic E-state index is 13.4. The molecule has 4 rings (SSSR count). The molecule has 0 radical (unpaired) electrons. The van der Waals surface area contributed by atoms with Crippen LogP contribution in [-0.4, -0.2) is 32.0 Å². The molecular weight excluding hydrogens is 350 g/mol. The van der Waals surface area contributed by atoms with Crippen LogP contribution in [0.4, 0.5) is 0 Å². The normalized spacial score (nSPS) is 20.4. The highest BCUT2D eigenvalue weighted by Crippen LogP contribution is 2.32. The smallest absolute Gasteiger partial charge is 0.170 e. The number of aliphatic hydroxyl groups is 1. The monoisotopic (exact) mass is 377 g/mol. The summed E-state index contributed by atoms with van der Waals surface area (Å²) in [7, 11) is 0. The number of benzene rings is 2. The van der Waals surface area contributed by atoms with Gasteiger partial charge >= 0.3 is 0 Å². The molecule has 5 heteroatoms. The van der Waals surface area contributed by atoms with Crippen molar-refractivity contribution in [1.29, 1.82) is 0 Å². The van der Waals surface area contributed by atoms with Crippen molar-refractivity contribution in [2.24, 2.45) is 5.92 Å². The van der Waals surface area contributed by atoms with Crippen LogP contribution in [0.25, 0.3) is 16.7 Å². The first-order chi connectivity index (χ1) is 13.3. The number of Topliss-reactive ketones (excluding diaryl/α,β-unsaturated/α-hetero) is 1. The van der Waals surface area contributed by atoms with E-state index in [-0.39, 0.29) is 17.1 Å². The summed E-state index contributed by atoms with van der Waals surface area (Å²) in [5, 5.41) is 19.6. The zero-order valence-electron chi connectivity index (χ0n) is 16.7. The molecular formula is C23H27N3O2. The summed E-state index contributed by atoms with van der Waals surface area (Å²) in [6.07, 6.45) is 2.81. The Kier molecular flexibility index (Phi) is 4.79. The lowest BCUT2D eigenvalue weighted by Crippen LogP contribution is -2.32. The fraction of sp³-hybridized carbons (Fsp3) is 0.435. The molecule has 1 heterocycles. The maximum atomic E-state index is 13.4. The standard InChI is InChI=1S/C23H27N3O2/c1-23(2,3)15-12-13-16(22(28)17-8-4-7-11-21(17)27)20(14-15)26-24-18-9-5-6-10-19(18)25-26/h5-6,9-10,12-14,17,21,27H,4,7-8,11H2,1-3H3. The van der Waals surface area contributed by atoms with E-state index in [1.807, 2.05) is 42.5 Å². The largest absolute Gasteiger partial charge is 0.392 e. The topological polar surface area (TPSA) is 68.0 Å². The Morgan fingerprint density at radius 1 is 1.04 bits per heavy atom. The molecule has 2 aromatic carbocycles. The summed E-state index contributed by atoms with van der Waals surface area (Å²) in [5.74, 6) is -0.359. The van der Waals surface area contributed by atoms with Gasteiger partial charge in [-0.3, -0.25) is 4.79 Å². The molecule has 28 heavy (non-hydrogen) atoms. The van der Waals surface area contributed by atoms with E-state index >= 15 is 0 Å². The predicted octanol–water partition coefficient (Wildman–Crippen LogP) is 4.45. The predicted molar refractivity (Wildman–Crippen MR) is 110 cm³/mol. The molecule has 5 nitrogen and oxygen atoms in total. The molecule has 1 aromatic heterocycles. The first-order valence-electron chi connectivity index (χ1n) is 10.0. The number of carbonyl (C=O) groups excluding carboxylic acids is 1. The van der Waals surface area contributed by atoms with E-state index in [1.54, 1.807) is 4.80 Å². The number of hydrogen-bond acceptors (Lipinski definition) is 4. The van der Waals surface area contributed by atoms with Gasteiger partial charge in [0.25, 0.3) is 0 Å². The molecule has 1 aliphatic carbocycles. The lowest BCUT2D eigenvalue weighted by molar-refractivity contribution is 0.0525. The highest BCUT2D eigenvalue weighted by atomic mass is 16.3. The van der Waals surface area contributed by atoms with Crippen molar-refractivity contribution in [3.8, 4) is 5.69 Å². The van der Waals surface area contributed by atoms with Crippen molar-refractivity contribution in [2.75, 3.05) is 0 Å². The quantitative estimate of drug-likeness (QED) is 0.685. The second-order valence-electron chi connectivity index (χ2n) is 8.78. The third kappa shape index (κ3) is 3.47. The fourth-order valence-corrected chi connectivity index (χ4v) is 3.96. The van der Waals surface area contributed by atoms with Gasteiger partial charge in [-0.1, -0.05) is 51.8 Å². The molecule has 0 bridgehead atoms. The lowest BCUT2D eigenvalue weighted by atomic mass is 9.80. The summed E-state index contributed by atoms with van der Waals surface area (Å²) >= 11 is 0. The molecule has 0 spiro atoms. The summed E-state index contributed by atoms with van der Waals surface area (Å²) in [6, 6.07) is 13.6. The summed E-state index contributed by atoms with van der Waals surface area (Å²) in [6.45, 7) is 6.43. The van der Waals surface area contributed by atoms with E-state index in [0.29, 0.717) is 17.7 Å². The Bertz CT molecular complexity index is 983. The number of rotatable bonds is 3. The van der Waals surface area contributed by atoms with E-state index in [2.05, 4.69) is 31.0 Å². The average Bonchev–Trinajstić information content (AvgIpc) is 3.11. The van der Waals surface area contributed by atoms with E-state index in [0.717, 1.165) is 35.9 Å². The Balaban J connectivity index is 1.84. The van der Waals surface area contributed by atoms with Gasteiger partial charge in [0.05, 0.1) is 11.8 Å². The van der Waals surface area contributed by atoms with Crippen LogP contribution >= 0.6 is 0 Å². The third-order valence-corrected chi connectivity index (χ3v) is 5.70. The molecule has 3 aromatic rings. The molecule has 1 saturated carbocycles. The third-order valence-electron chi connectivity index (χ3n) is 5.70.